The van der Waals surface area contributed by atoms with Crippen molar-refractivity contribution in [2.24, 2.45) is 0 Å². The first-order valence-corrected chi connectivity index (χ1v) is 8.22. The molecule has 1 aromatic carbocycles. The molecule has 0 saturated carbocycles. The smallest absolute Gasteiger partial charge is 0.326 e. The highest BCUT2D eigenvalue weighted by Gasteiger charge is 2.20. The van der Waals surface area contributed by atoms with Crippen LogP contribution < -0.4 is 10.6 Å². The van der Waals surface area contributed by atoms with E-state index in [1.165, 1.54) is 0 Å². The van der Waals surface area contributed by atoms with Crippen LogP contribution in [0.15, 0.2) is 45.5 Å². The molecule has 3 rings (SSSR count). The van der Waals surface area contributed by atoms with Crippen LogP contribution in [0.4, 0.5) is 16.4 Å². The molecule has 0 fully saturated rings. The lowest BCUT2D eigenvalue weighted by molar-refractivity contribution is 0.261. The second-order valence-electron chi connectivity index (χ2n) is 6.40. The number of nitrogens with one attached hydrogen (secondary N) is 2. The Morgan fingerprint density at radius 1 is 1.21 bits per heavy atom. The second kappa shape index (κ2) is 6.24. The maximum Gasteiger partial charge on any atom is 0.326 e. The van der Waals surface area contributed by atoms with Crippen molar-refractivity contribution in [1.29, 1.82) is 0 Å². The maximum absolute atomic E-state index is 12.2. The highest BCUT2D eigenvalue weighted by molar-refractivity contribution is 9.10. The van der Waals surface area contributed by atoms with Gasteiger partial charge in [0, 0.05) is 27.5 Å². The van der Waals surface area contributed by atoms with Crippen molar-refractivity contribution in [1.82, 2.24) is 10.1 Å². The monoisotopic (exact) mass is 388 g/mol. The average Bonchev–Trinajstić information content (AvgIpc) is 2.99. The molecule has 0 bridgehead atoms. The number of aromatic nitrogens is 2. The van der Waals surface area contributed by atoms with Crippen molar-refractivity contribution in [2.45, 2.75) is 26.2 Å². The van der Waals surface area contributed by atoms with Gasteiger partial charge in [0.15, 0.2) is 0 Å². The van der Waals surface area contributed by atoms with Gasteiger partial charge in [-0.2, -0.15) is 0 Å². The quantitative estimate of drug-likeness (QED) is 0.652. The molecule has 0 saturated heterocycles. The van der Waals surface area contributed by atoms with E-state index in [9.17, 15) is 4.79 Å². The second-order valence-corrected chi connectivity index (χ2v) is 7.25. The minimum atomic E-state index is -0.416. The molecule has 0 spiro atoms. The first-order chi connectivity index (χ1) is 11.3. The van der Waals surface area contributed by atoms with Gasteiger partial charge in [0.2, 0.25) is 5.88 Å². The van der Waals surface area contributed by atoms with Gasteiger partial charge in [0.1, 0.15) is 0 Å². The zero-order valence-corrected chi connectivity index (χ0v) is 15.1. The molecule has 2 heterocycles. The number of benzene rings is 1. The van der Waals surface area contributed by atoms with Gasteiger partial charge in [0.05, 0.1) is 16.9 Å². The number of carbonyl (C=O) groups is 1. The molecule has 0 aliphatic heterocycles. The van der Waals surface area contributed by atoms with Crippen molar-refractivity contribution < 1.29 is 9.32 Å². The Hall–Kier alpha value is -2.41. The summed E-state index contributed by atoms with van der Waals surface area (Å²) in [6, 6.07) is 8.74. The summed E-state index contributed by atoms with van der Waals surface area (Å²) in [4.78, 5) is 16.6. The summed E-state index contributed by atoms with van der Waals surface area (Å²) < 4.78 is 6.08. The van der Waals surface area contributed by atoms with Crippen molar-refractivity contribution >= 4 is 44.4 Å². The van der Waals surface area contributed by atoms with Crippen LogP contribution >= 0.6 is 15.9 Å². The molecule has 3 aromatic rings. The number of halogens is 1. The standard InChI is InChI=1S/C17H17BrN4O2/c1-17(2,3)13-9-14(24-22-13)21-16(23)20-12-7-6-11(18)10-5-4-8-19-15(10)12/h4-9H,1-3H3,(H2,20,21,23). The predicted molar refractivity (Wildman–Crippen MR) is 97.3 cm³/mol. The van der Waals surface area contributed by atoms with E-state index in [0.29, 0.717) is 17.1 Å². The summed E-state index contributed by atoms with van der Waals surface area (Å²) in [5.41, 5.74) is 1.94. The topological polar surface area (TPSA) is 80.0 Å². The lowest BCUT2D eigenvalue weighted by atomic mass is 9.92. The third kappa shape index (κ3) is 3.41. The number of anilines is 2. The fraction of sp³-hybridized carbons (Fsp3) is 0.235. The van der Waals surface area contributed by atoms with Crippen LogP contribution in [0.2, 0.25) is 0 Å². The van der Waals surface area contributed by atoms with Gasteiger partial charge in [-0.1, -0.05) is 47.9 Å². The number of pyridine rings is 1. The van der Waals surface area contributed by atoms with E-state index in [1.807, 2.05) is 39.0 Å². The number of carbonyl (C=O) groups excluding carboxylic acids is 1. The van der Waals surface area contributed by atoms with Gasteiger partial charge in [0.25, 0.3) is 0 Å². The Morgan fingerprint density at radius 3 is 2.71 bits per heavy atom. The summed E-state index contributed by atoms with van der Waals surface area (Å²) in [6.07, 6.45) is 1.68. The summed E-state index contributed by atoms with van der Waals surface area (Å²) in [5, 5.41) is 10.3. The fourth-order valence-electron chi connectivity index (χ4n) is 2.19. The lowest BCUT2D eigenvalue weighted by Gasteiger charge is -2.12. The number of hydrogen-bond acceptors (Lipinski definition) is 4. The van der Waals surface area contributed by atoms with E-state index in [4.69, 9.17) is 4.52 Å². The summed E-state index contributed by atoms with van der Waals surface area (Å²) in [7, 11) is 0. The number of nitrogens with zero attached hydrogens (tertiary/aromatic N) is 2. The van der Waals surface area contributed by atoms with Crippen molar-refractivity contribution in [2.75, 3.05) is 10.6 Å². The molecule has 0 radical (unpaired) electrons. The Morgan fingerprint density at radius 2 is 2.00 bits per heavy atom. The zero-order valence-electron chi connectivity index (χ0n) is 13.6. The van der Waals surface area contributed by atoms with E-state index >= 15 is 0 Å². The molecule has 0 unspecified atom stereocenters. The number of rotatable bonds is 2. The van der Waals surface area contributed by atoms with Crippen LogP contribution in [0, 0.1) is 0 Å². The Balaban J connectivity index is 1.78. The van der Waals surface area contributed by atoms with Gasteiger partial charge in [-0.15, -0.1) is 0 Å². The molecule has 0 atom stereocenters. The SMILES string of the molecule is CC(C)(C)c1cc(NC(=O)Nc2ccc(Br)c3cccnc23)on1. The molecular weight excluding hydrogens is 372 g/mol. The average molecular weight is 389 g/mol. The van der Waals surface area contributed by atoms with Crippen LogP contribution in [-0.4, -0.2) is 16.2 Å². The summed E-state index contributed by atoms with van der Waals surface area (Å²) in [5.74, 6) is 0.298. The molecule has 0 aliphatic rings. The van der Waals surface area contributed by atoms with Gasteiger partial charge >= 0.3 is 6.03 Å². The zero-order chi connectivity index (χ0) is 17.3. The normalized spacial score (nSPS) is 11.5. The summed E-state index contributed by atoms with van der Waals surface area (Å²) >= 11 is 3.48. The van der Waals surface area contributed by atoms with Gasteiger partial charge in [-0.25, -0.2) is 4.79 Å². The van der Waals surface area contributed by atoms with Gasteiger partial charge in [-0.05, 0) is 18.2 Å². The van der Waals surface area contributed by atoms with E-state index in [0.717, 1.165) is 15.6 Å². The largest absolute Gasteiger partial charge is 0.338 e. The highest BCUT2D eigenvalue weighted by atomic mass is 79.9. The minimum Gasteiger partial charge on any atom is -0.338 e. The molecular formula is C17H17BrN4O2. The molecule has 6 nitrogen and oxygen atoms in total. The van der Waals surface area contributed by atoms with Crippen molar-refractivity contribution in [3.63, 3.8) is 0 Å². The van der Waals surface area contributed by atoms with E-state index in [2.05, 4.69) is 36.7 Å². The maximum atomic E-state index is 12.2. The van der Waals surface area contributed by atoms with E-state index in [1.54, 1.807) is 18.3 Å². The van der Waals surface area contributed by atoms with Crippen molar-refractivity contribution in [3.8, 4) is 0 Å². The van der Waals surface area contributed by atoms with Gasteiger partial charge < -0.3 is 9.84 Å². The number of urea groups is 1. The molecule has 0 aliphatic carbocycles. The van der Waals surface area contributed by atoms with Crippen molar-refractivity contribution in [3.05, 3.63) is 46.7 Å². The first kappa shape index (κ1) is 16.4. The number of hydrogen-bond donors (Lipinski definition) is 2. The Bertz CT molecular complexity index is 899. The molecule has 124 valence electrons. The fourth-order valence-corrected chi connectivity index (χ4v) is 2.64. The lowest BCUT2D eigenvalue weighted by Crippen LogP contribution is -2.19. The number of amides is 2. The van der Waals surface area contributed by atoms with Crippen LogP contribution in [0.3, 0.4) is 0 Å². The minimum absolute atomic E-state index is 0.147. The van der Waals surface area contributed by atoms with Gasteiger partial charge in [-0.3, -0.25) is 10.3 Å². The predicted octanol–water partition coefficient (Wildman–Crippen LogP) is 4.93. The molecule has 7 heteroatoms. The third-order valence-electron chi connectivity index (χ3n) is 3.48. The molecule has 2 amide bonds. The van der Waals surface area contributed by atoms with E-state index < -0.39 is 6.03 Å². The highest BCUT2D eigenvalue weighted by Crippen LogP contribution is 2.28. The third-order valence-corrected chi connectivity index (χ3v) is 4.17. The Labute approximate surface area is 147 Å². The van der Waals surface area contributed by atoms with Crippen LogP contribution in [0.5, 0.6) is 0 Å². The molecule has 2 aromatic heterocycles. The molecule has 24 heavy (non-hydrogen) atoms. The van der Waals surface area contributed by atoms with Crippen LogP contribution in [0.25, 0.3) is 10.9 Å². The molecule has 2 N–H and O–H groups in total. The Kier molecular flexibility index (Phi) is 4.28. The van der Waals surface area contributed by atoms with Crippen LogP contribution in [0.1, 0.15) is 26.5 Å². The van der Waals surface area contributed by atoms with Crippen LogP contribution in [-0.2, 0) is 5.41 Å². The number of fused-ring (bicyclic) bond motifs is 1. The van der Waals surface area contributed by atoms with E-state index in [-0.39, 0.29) is 5.41 Å². The summed E-state index contributed by atoms with van der Waals surface area (Å²) in [6.45, 7) is 6.07. The first-order valence-electron chi connectivity index (χ1n) is 7.43.